The molecule has 16 heavy (non-hydrogen) atoms. The third-order valence-corrected chi connectivity index (χ3v) is 3.01. The van der Waals surface area contributed by atoms with E-state index in [2.05, 4.69) is 12.2 Å². The van der Waals surface area contributed by atoms with E-state index < -0.39 is 12.1 Å². The number of rotatable bonds is 4. The lowest BCUT2D eigenvalue weighted by molar-refractivity contribution is -0.175. The van der Waals surface area contributed by atoms with Crippen LogP contribution >= 0.6 is 0 Å². The molecule has 2 nitrogen and oxygen atoms in total. The molecule has 96 valence electrons. The molecular formula is C11H21F3N2. The van der Waals surface area contributed by atoms with Crippen molar-refractivity contribution >= 4 is 0 Å². The van der Waals surface area contributed by atoms with Gasteiger partial charge in [-0.15, -0.1) is 0 Å². The maximum absolute atomic E-state index is 12.6. The van der Waals surface area contributed by atoms with Gasteiger partial charge in [-0.05, 0) is 13.0 Å². The van der Waals surface area contributed by atoms with Crippen LogP contribution in [0.5, 0.6) is 0 Å². The van der Waals surface area contributed by atoms with Crippen LogP contribution in [0.25, 0.3) is 0 Å². The number of alkyl halides is 3. The highest BCUT2D eigenvalue weighted by Gasteiger charge is 2.40. The van der Waals surface area contributed by atoms with Gasteiger partial charge in [0.25, 0.3) is 0 Å². The molecule has 1 aliphatic heterocycles. The van der Waals surface area contributed by atoms with Crippen LogP contribution in [-0.2, 0) is 0 Å². The molecule has 0 spiro atoms. The van der Waals surface area contributed by atoms with Crippen molar-refractivity contribution in [2.24, 2.45) is 5.92 Å². The zero-order chi connectivity index (χ0) is 12.0. The van der Waals surface area contributed by atoms with E-state index in [9.17, 15) is 13.2 Å². The second-order valence-corrected chi connectivity index (χ2v) is 4.45. The Hall–Kier alpha value is -0.290. The quantitative estimate of drug-likeness (QED) is 0.756. The van der Waals surface area contributed by atoms with Gasteiger partial charge < -0.3 is 10.2 Å². The fraction of sp³-hybridized carbons (Fsp3) is 1.00. The first-order valence-electron chi connectivity index (χ1n) is 6.04. The zero-order valence-electron chi connectivity index (χ0n) is 9.82. The van der Waals surface area contributed by atoms with E-state index in [1.807, 2.05) is 4.90 Å². The molecule has 1 heterocycles. The van der Waals surface area contributed by atoms with Crippen LogP contribution in [-0.4, -0.2) is 43.8 Å². The summed E-state index contributed by atoms with van der Waals surface area (Å²) in [4.78, 5) is 1.94. The Kier molecular flexibility index (Phi) is 5.55. The Morgan fingerprint density at radius 3 is 2.69 bits per heavy atom. The summed E-state index contributed by atoms with van der Waals surface area (Å²) >= 11 is 0. The minimum absolute atomic E-state index is 0.0633. The van der Waals surface area contributed by atoms with Gasteiger partial charge in [0.05, 0.1) is 5.92 Å². The molecular weight excluding hydrogens is 217 g/mol. The summed E-state index contributed by atoms with van der Waals surface area (Å²) in [5.74, 6) is -1.21. The van der Waals surface area contributed by atoms with Gasteiger partial charge in [0.15, 0.2) is 0 Å². The van der Waals surface area contributed by atoms with Crippen molar-refractivity contribution in [3.05, 3.63) is 0 Å². The Morgan fingerprint density at radius 2 is 2.06 bits per heavy atom. The summed E-state index contributed by atoms with van der Waals surface area (Å²) in [6, 6.07) is 0. The third kappa shape index (κ3) is 4.70. The predicted molar refractivity (Wildman–Crippen MR) is 58.4 cm³/mol. The fourth-order valence-electron chi connectivity index (χ4n) is 1.99. The molecule has 0 radical (unpaired) electrons. The van der Waals surface area contributed by atoms with Crippen LogP contribution in [0.15, 0.2) is 0 Å². The molecule has 0 amide bonds. The van der Waals surface area contributed by atoms with Crippen molar-refractivity contribution < 1.29 is 13.2 Å². The van der Waals surface area contributed by atoms with Crippen LogP contribution < -0.4 is 5.32 Å². The Morgan fingerprint density at radius 1 is 1.31 bits per heavy atom. The van der Waals surface area contributed by atoms with Crippen molar-refractivity contribution in [3.8, 4) is 0 Å². The van der Waals surface area contributed by atoms with Crippen LogP contribution in [0.2, 0.25) is 0 Å². The van der Waals surface area contributed by atoms with E-state index in [0.717, 1.165) is 32.4 Å². The van der Waals surface area contributed by atoms with E-state index in [-0.39, 0.29) is 13.1 Å². The number of hydrogen-bond donors (Lipinski definition) is 1. The molecule has 0 bridgehead atoms. The van der Waals surface area contributed by atoms with Gasteiger partial charge in [0, 0.05) is 26.2 Å². The largest absolute Gasteiger partial charge is 0.394 e. The highest BCUT2D eigenvalue weighted by molar-refractivity contribution is 4.78. The van der Waals surface area contributed by atoms with Crippen molar-refractivity contribution in [2.45, 2.75) is 32.4 Å². The summed E-state index contributed by atoms with van der Waals surface area (Å²) in [6.45, 7) is 4.51. The van der Waals surface area contributed by atoms with E-state index in [0.29, 0.717) is 6.54 Å². The van der Waals surface area contributed by atoms with Gasteiger partial charge in [0.2, 0.25) is 0 Å². The number of nitrogens with one attached hydrogen (secondary N) is 1. The third-order valence-electron chi connectivity index (χ3n) is 3.01. The summed E-state index contributed by atoms with van der Waals surface area (Å²) in [6.07, 6.45) is -0.864. The van der Waals surface area contributed by atoms with Crippen LogP contribution in [0.4, 0.5) is 13.2 Å². The predicted octanol–water partition coefficient (Wildman–Crippen LogP) is 2.26. The van der Waals surface area contributed by atoms with Gasteiger partial charge in [-0.1, -0.05) is 19.8 Å². The molecule has 0 saturated carbocycles. The highest BCUT2D eigenvalue weighted by atomic mass is 19.4. The van der Waals surface area contributed by atoms with Gasteiger partial charge >= 0.3 is 6.18 Å². The van der Waals surface area contributed by atoms with Crippen molar-refractivity contribution in [2.75, 3.05) is 32.7 Å². The number of nitrogens with zero attached hydrogens (tertiary/aromatic N) is 1. The Labute approximate surface area is 95.2 Å². The van der Waals surface area contributed by atoms with E-state index in [1.54, 1.807) is 0 Å². The molecule has 0 aliphatic carbocycles. The second-order valence-electron chi connectivity index (χ2n) is 4.45. The summed E-state index contributed by atoms with van der Waals surface area (Å²) in [5.41, 5.74) is 0. The SMILES string of the molecule is CCCCCN1CCNCC(C(F)(F)F)C1. The number of hydrogen-bond acceptors (Lipinski definition) is 2. The van der Waals surface area contributed by atoms with Crippen LogP contribution in [0.3, 0.4) is 0 Å². The molecule has 1 atom stereocenters. The molecule has 1 fully saturated rings. The normalized spacial score (nSPS) is 24.4. The highest BCUT2D eigenvalue weighted by Crippen LogP contribution is 2.27. The Bertz CT molecular complexity index is 194. The molecule has 1 rings (SSSR count). The Balaban J connectivity index is 2.39. The minimum Gasteiger partial charge on any atom is -0.315 e. The summed E-state index contributed by atoms with van der Waals surface area (Å²) in [7, 11) is 0. The molecule has 0 aromatic carbocycles. The number of halogens is 3. The van der Waals surface area contributed by atoms with Crippen LogP contribution in [0, 0.1) is 5.92 Å². The lowest BCUT2D eigenvalue weighted by Gasteiger charge is -2.25. The lowest BCUT2D eigenvalue weighted by Crippen LogP contribution is -2.38. The van der Waals surface area contributed by atoms with E-state index in [4.69, 9.17) is 0 Å². The molecule has 1 aliphatic rings. The first-order valence-corrected chi connectivity index (χ1v) is 6.04. The molecule has 0 aromatic rings. The average Bonchev–Trinajstić information content (AvgIpc) is 2.43. The summed E-state index contributed by atoms with van der Waals surface area (Å²) in [5, 5.41) is 2.86. The standard InChI is InChI=1S/C11H21F3N2/c1-2-3-4-6-16-7-5-15-8-10(9-16)11(12,13)14/h10,15H,2-9H2,1H3. The van der Waals surface area contributed by atoms with Crippen molar-refractivity contribution in [3.63, 3.8) is 0 Å². The van der Waals surface area contributed by atoms with Crippen LogP contribution in [0.1, 0.15) is 26.2 Å². The van der Waals surface area contributed by atoms with Gasteiger partial charge in [-0.2, -0.15) is 13.2 Å². The second kappa shape index (κ2) is 6.45. The van der Waals surface area contributed by atoms with Gasteiger partial charge in [0.1, 0.15) is 0 Å². The minimum atomic E-state index is -4.07. The first-order chi connectivity index (χ1) is 7.54. The molecule has 5 heteroatoms. The smallest absolute Gasteiger partial charge is 0.315 e. The van der Waals surface area contributed by atoms with Crippen molar-refractivity contribution in [1.82, 2.24) is 10.2 Å². The molecule has 0 aromatic heterocycles. The van der Waals surface area contributed by atoms with Gasteiger partial charge in [-0.3, -0.25) is 0 Å². The molecule has 1 N–H and O–H groups in total. The van der Waals surface area contributed by atoms with Gasteiger partial charge in [-0.25, -0.2) is 0 Å². The average molecular weight is 238 g/mol. The number of unbranched alkanes of at least 4 members (excludes halogenated alkanes) is 2. The van der Waals surface area contributed by atoms with E-state index in [1.165, 1.54) is 0 Å². The van der Waals surface area contributed by atoms with Crippen molar-refractivity contribution in [1.29, 1.82) is 0 Å². The van der Waals surface area contributed by atoms with E-state index >= 15 is 0 Å². The fourth-order valence-corrected chi connectivity index (χ4v) is 1.99. The first kappa shape index (κ1) is 13.8. The topological polar surface area (TPSA) is 15.3 Å². The molecule has 1 unspecified atom stereocenters. The maximum Gasteiger partial charge on any atom is 0.394 e. The zero-order valence-corrected chi connectivity index (χ0v) is 9.82. The monoisotopic (exact) mass is 238 g/mol. The lowest BCUT2D eigenvalue weighted by atomic mass is 10.1. The molecule has 1 saturated heterocycles. The summed E-state index contributed by atoms with van der Waals surface area (Å²) < 4.78 is 37.9. The maximum atomic E-state index is 12.6.